The van der Waals surface area contributed by atoms with Crippen molar-refractivity contribution in [3.63, 3.8) is 0 Å². The molecule has 0 N–H and O–H groups in total. The van der Waals surface area contributed by atoms with Gasteiger partial charge in [-0.05, 0) is 24.8 Å². The van der Waals surface area contributed by atoms with Gasteiger partial charge >= 0.3 is 0 Å². The first-order valence-electron chi connectivity index (χ1n) is 4.25. The first-order valence-corrected chi connectivity index (χ1v) is 4.99. The molecule has 0 unspecified atom stereocenters. The van der Waals surface area contributed by atoms with Crippen molar-refractivity contribution >= 4 is 11.6 Å². The molecule has 1 aliphatic heterocycles. The van der Waals surface area contributed by atoms with Gasteiger partial charge in [-0.15, -0.1) is 0 Å². The Morgan fingerprint density at radius 2 is 2.23 bits per heavy atom. The summed E-state index contributed by atoms with van der Waals surface area (Å²) in [5.74, 6) is 0. The third kappa shape index (κ3) is 0.836. The van der Waals surface area contributed by atoms with Gasteiger partial charge in [-0.25, -0.2) is 4.98 Å². The lowest BCUT2D eigenvalue weighted by Crippen LogP contribution is -2.03. The molecule has 0 saturated heterocycles. The minimum absolute atomic E-state index is 0.120. The normalized spacial score (nSPS) is 15.1. The van der Waals surface area contributed by atoms with Crippen LogP contribution in [-0.2, 0) is 12.8 Å². The maximum absolute atomic E-state index is 11.7. The van der Waals surface area contributed by atoms with Gasteiger partial charge < -0.3 is 3.85 Å². The SMILES string of the molecule is O=c1c2c(c3socnc1=3)CCC2. The Labute approximate surface area is 77.9 Å². The number of aromatic nitrogens is 1. The van der Waals surface area contributed by atoms with Crippen LogP contribution in [0.5, 0.6) is 0 Å². The lowest BCUT2D eigenvalue weighted by atomic mass is 10.2. The van der Waals surface area contributed by atoms with E-state index in [9.17, 15) is 4.79 Å². The molecule has 3 aliphatic rings. The fraction of sp³-hybridized carbons (Fsp3) is 0.333. The lowest BCUT2D eigenvalue weighted by Gasteiger charge is -1.85. The molecule has 0 amide bonds. The highest BCUT2D eigenvalue weighted by atomic mass is 32.1. The van der Waals surface area contributed by atoms with Gasteiger partial charge in [0.1, 0.15) is 5.35 Å². The second-order valence-corrected chi connectivity index (χ2v) is 4.00. The molecule has 13 heavy (non-hydrogen) atoms. The molecule has 0 aromatic carbocycles. The highest BCUT2D eigenvalue weighted by molar-refractivity contribution is 7.00. The molecule has 0 aromatic rings. The van der Waals surface area contributed by atoms with E-state index in [1.54, 1.807) is 0 Å². The van der Waals surface area contributed by atoms with E-state index >= 15 is 0 Å². The van der Waals surface area contributed by atoms with Crippen LogP contribution in [0.15, 0.2) is 15.0 Å². The zero-order chi connectivity index (χ0) is 8.84. The van der Waals surface area contributed by atoms with Gasteiger partial charge in [-0.3, -0.25) is 4.79 Å². The van der Waals surface area contributed by atoms with Gasteiger partial charge in [0, 0.05) is 17.2 Å². The zero-order valence-corrected chi connectivity index (χ0v) is 7.69. The van der Waals surface area contributed by atoms with E-state index < -0.39 is 0 Å². The van der Waals surface area contributed by atoms with Crippen molar-refractivity contribution in [3.8, 4) is 0 Å². The van der Waals surface area contributed by atoms with Gasteiger partial charge in [0.2, 0.25) is 5.43 Å². The Morgan fingerprint density at radius 3 is 3.15 bits per heavy atom. The van der Waals surface area contributed by atoms with Crippen molar-refractivity contribution in [2.75, 3.05) is 0 Å². The predicted octanol–water partition coefficient (Wildman–Crippen LogP) is 1.31. The first kappa shape index (κ1) is 7.26. The molecule has 3 nitrogen and oxygen atoms in total. The van der Waals surface area contributed by atoms with Gasteiger partial charge in [0.15, 0.2) is 6.39 Å². The van der Waals surface area contributed by atoms with E-state index in [1.807, 2.05) is 0 Å². The summed E-state index contributed by atoms with van der Waals surface area (Å²) in [6.45, 7) is 0. The Bertz CT molecular complexity index is 568. The summed E-state index contributed by atoms with van der Waals surface area (Å²) in [6, 6.07) is 0. The number of hydrogen-bond donors (Lipinski definition) is 0. The van der Waals surface area contributed by atoms with Crippen LogP contribution in [0.3, 0.4) is 0 Å². The van der Waals surface area contributed by atoms with Crippen molar-refractivity contribution < 1.29 is 3.85 Å². The first-order chi connectivity index (χ1) is 6.38. The molecule has 1 heterocycles. The van der Waals surface area contributed by atoms with E-state index in [4.69, 9.17) is 3.85 Å². The van der Waals surface area contributed by atoms with Crippen LogP contribution >= 0.6 is 11.6 Å². The molecule has 0 fully saturated rings. The Kier molecular flexibility index (Phi) is 1.35. The zero-order valence-electron chi connectivity index (χ0n) is 6.87. The molecule has 0 spiro atoms. The lowest BCUT2D eigenvalue weighted by molar-refractivity contribution is 0.648. The number of fused-ring (bicyclic) bond motifs is 2. The summed E-state index contributed by atoms with van der Waals surface area (Å²) in [7, 11) is 0. The monoisotopic (exact) mass is 193 g/mol. The fourth-order valence-corrected chi connectivity index (χ4v) is 2.72. The maximum Gasteiger partial charge on any atom is 0.209 e. The second-order valence-electron chi connectivity index (χ2n) is 3.23. The maximum atomic E-state index is 11.7. The summed E-state index contributed by atoms with van der Waals surface area (Å²) in [6.07, 6.45) is 4.35. The highest BCUT2D eigenvalue weighted by Gasteiger charge is 2.20. The minimum Gasteiger partial charge on any atom is -0.389 e. The van der Waals surface area contributed by atoms with Gasteiger partial charge in [-0.2, -0.15) is 0 Å². The molecular weight excluding hydrogens is 186 g/mol. The van der Waals surface area contributed by atoms with E-state index in [0.717, 1.165) is 29.4 Å². The molecule has 0 radical (unpaired) electrons. The molecule has 2 aliphatic carbocycles. The van der Waals surface area contributed by atoms with Crippen molar-refractivity contribution in [3.05, 3.63) is 37.6 Å². The number of rotatable bonds is 0. The summed E-state index contributed by atoms with van der Waals surface area (Å²) in [4.78, 5) is 15.7. The summed E-state index contributed by atoms with van der Waals surface area (Å²) in [5, 5.41) is 0.598. The molecule has 0 aromatic heterocycles. The van der Waals surface area contributed by atoms with E-state index in [2.05, 4.69) is 4.98 Å². The summed E-state index contributed by atoms with van der Waals surface area (Å²) >= 11 is 1.27. The highest BCUT2D eigenvalue weighted by Crippen LogP contribution is 2.22. The van der Waals surface area contributed by atoms with Crippen LogP contribution in [-0.4, -0.2) is 4.98 Å². The van der Waals surface area contributed by atoms with Crippen LogP contribution in [0.1, 0.15) is 17.5 Å². The van der Waals surface area contributed by atoms with Crippen molar-refractivity contribution in [1.82, 2.24) is 4.98 Å². The van der Waals surface area contributed by atoms with E-state index in [-0.39, 0.29) is 5.43 Å². The quantitative estimate of drug-likeness (QED) is 0.633. The Morgan fingerprint density at radius 1 is 1.38 bits per heavy atom. The molecule has 3 rings (SSSR count). The van der Waals surface area contributed by atoms with Gasteiger partial charge in [-0.1, -0.05) is 0 Å². The largest absolute Gasteiger partial charge is 0.389 e. The smallest absolute Gasteiger partial charge is 0.209 e. The van der Waals surface area contributed by atoms with Crippen LogP contribution in [0.25, 0.3) is 0 Å². The molecule has 0 atom stereocenters. The predicted molar refractivity (Wildman–Crippen MR) is 48.0 cm³/mol. The summed E-state index contributed by atoms with van der Waals surface area (Å²) in [5.41, 5.74) is 2.27. The molecule has 66 valence electrons. The van der Waals surface area contributed by atoms with E-state index in [1.165, 1.54) is 23.6 Å². The van der Waals surface area contributed by atoms with Crippen LogP contribution in [0, 0.1) is 9.88 Å². The van der Waals surface area contributed by atoms with Crippen LogP contribution in [0.4, 0.5) is 0 Å². The van der Waals surface area contributed by atoms with E-state index in [0.29, 0.717) is 5.35 Å². The van der Waals surface area contributed by atoms with Crippen molar-refractivity contribution in [2.45, 2.75) is 19.3 Å². The van der Waals surface area contributed by atoms with Crippen LogP contribution < -0.4 is 5.43 Å². The topological polar surface area (TPSA) is 43.1 Å². The molecule has 0 bridgehead atoms. The van der Waals surface area contributed by atoms with Crippen molar-refractivity contribution in [2.24, 2.45) is 0 Å². The van der Waals surface area contributed by atoms with Gasteiger partial charge in [0.25, 0.3) is 0 Å². The minimum atomic E-state index is 0.120. The third-order valence-corrected chi connectivity index (χ3v) is 3.34. The third-order valence-electron chi connectivity index (χ3n) is 2.55. The Balaban J connectivity index is 2.63. The average Bonchev–Trinajstić information content (AvgIpc) is 2.72. The average molecular weight is 193 g/mol. The Hall–Kier alpha value is -1.16. The standard InChI is InChI=1S/C9H7NO2S/c11-8-5-2-1-3-6(5)9-7(8)10-4-12-13-9/h4H,1-3H2. The molecular formula is C9H7NO2S. The van der Waals surface area contributed by atoms with Crippen LogP contribution in [0.2, 0.25) is 0 Å². The summed E-state index contributed by atoms with van der Waals surface area (Å²) < 4.78 is 5.98. The fourth-order valence-electron chi connectivity index (χ4n) is 1.98. The second kappa shape index (κ2) is 2.42. The van der Waals surface area contributed by atoms with Crippen molar-refractivity contribution in [1.29, 1.82) is 0 Å². The molecule has 0 saturated carbocycles. The number of hydrogen-bond acceptors (Lipinski definition) is 4. The van der Waals surface area contributed by atoms with Gasteiger partial charge in [0.05, 0.1) is 4.53 Å². The molecule has 4 heteroatoms. The number of nitrogens with zero attached hydrogens (tertiary/aromatic N) is 1.